The van der Waals surface area contributed by atoms with Crippen molar-refractivity contribution in [3.63, 3.8) is 0 Å². The molecule has 3 aromatic rings. The summed E-state index contributed by atoms with van der Waals surface area (Å²) in [6, 6.07) is 10.1. The van der Waals surface area contributed by atoms with Crippen molar-refractivity contribution in [2.45, 2.75) is 0 Å². The van der Waals surface area contributed by atoms with Gasteiger partial charge in [0, 0.05) is 5.56 Å². The molecule has 0 saturated heterocycles. The molecule has 0 spiro atoms. The Hall–Kier alpha value is -3.79. The topological polar surface area (TPSA) is 127 Å². The summed E-state index contributed by atoms with van der Waals surface area (Å²) >= 11 is 0. The number of fused-ring (bicyclic) bond motifs is 1. The largest absolute Gasteiger partial charge is 0.504 e. The Morgan fingerprint density at radius 1 is 1.17 bits per heavy atom. The zero-order chi connectivity index (χ0) is 17.3. The molecule has 7 nitrogen and oxygen atoms in total. The predicted molar refractivity (Wildman–Crippen MR) is 84.5 cm³/mol. The number of Topliss-reactive ketones (excluding diaryl/α,β-unsaturated/α-hetero) is 1. The Bertz CT molecular complexity index is 1080. The lowest BCUT2D eigenvalue weighted by Gasteiger charge is -2.02. The molecule has 0 saturated carbocycles. The third-order valence-corrected chi connectivity index (χ3v) is 3.36. The van der Waals surface area contributed by atoms with Crippen LogP contribution in [0.3, 0.4) is 0 Å². The van der Waals surface area contributed by atoms with Crippen LogP contribution in [0, 0.1) is 11.3 Å². The number of nitrogens with zero attached hydrogens (tertiary/aromatic N) is 1. The molecule has 0 unspecified atom stereocenters. The van der Waals surface area contributed by atoms with Crippen LogP contribution in [0.2, 0.25) is 0 Å². The molecule has 0 bridgehead atoms. The molecule has 0 aliphatic carbocycles. The minimum atomic E-state index is -0.634. The normalized spacial score (nSPS) is 11.4. The quantitative estimate of drug-likeness (QED) is 0.294. The second-order valence-electron chi connectivity index (χ2n) is 4.97. The van der Waals surface area contributed by atoms with E-state index in [1.807, 2.05) is 6.07 Å². The number of aromatic amines is 1. The van der Waals surface area contributed by atoms with Gasteiger partial charge in [-0.2, -0.15) is 5.26 Å². The maximum atomic E-state index is 12.5. The van der Waals surface area contributed by atoms with Crippen molar-refractivity contribution in [3.05, 3.63) is 63.6 Å². The van der Waals surface area contributed by atoms with Crippen LogP contribution in [-0.2, 0) is 0 Å². The maximum absolute atomic E-state index is 12.5. The lowest BCUT2D eigenvalue weighted by Crippen LogP contribution is -2.02. The number of hydrogen-bond acceptors (Lipinski definition) is 6. The van der Waals surface area contributed by atoms with Crippen LogP contribution in [-0.4, -0.2) is 21.0 Å². The van der Waals surface area contributed by atoms with E-state index in [1.165, 1.54) is 42.5 Å². The van der Waals surface area contributed by atoms with Gasteiger partial charge in [0.25, 0.3) is 0 Å². The zero-order valence-electron chi connectivity index (χ0n) is 12.1. The van der Waals surface area contributed by atoms with E-state index in [9.17, 15) is 25.1 Å². The standard InChI is InChI=1S/C17H10N2O5/c18-8-11(5-9-1-3-13(20)14(21)6-9)16(22)10-2-4-15-12(7-10)19-17(23)24-15/h1-7,20-21H,(H,19,23). The lowest BCUT2D eigenvalue weighted by atomic mass is 10.0. The number of rotatable bonds is 3. The van der Waals surface area contributed by atoms with E-state index < -0.39 is 11.5 Å². The highest BCUT2D eigenvalue weighted by atomic mass is 16.4. The first-order valence-corrected chi connectivity index (χ1v) is 6.79. The number of hydrogen-bond donors (Lipinski definition) is 3. The molecule has 3 N–H and O–H groups in total. The fourth-order valence-corrected chi connectivity index (χ4v) is 2.19. The molecule has 0 atom stereocenters. The molecule has 7 heteroatoms. The third kappa shape index (κ3) is 2.76. The summed E-state index contributed by atoms with van der Waals surface area (Å²) in [6.07, 6.45) is 1.30. The number of oxazole rings is 1. The zero-order valence-corrected chi connectivity index (χ0v) is 12.1. The second-order valence-corrected chi connectivity index (χ2v) is 4.97. The van der Waals surface area contributed by atoms with Gasteiger partial charge in [0.05, 0.1) is 5.52 Å². The summed E-state index contributed by atoms with van der Waals surface area (Å²) in [6.45, 7) is 0. The highest BCUT2D eigenvalue weighted by molar-refractivity contribution is 6.14. The highest BCUT2D eigenvalue weighted by Crippen LogP contribution is 2.26. The summed E-state index contributed by atoms with van der Waals surface area (Å²) in [5.41, 5.74) is 1.08. The number of nitrogens with one attached hydrogen (secondary N) is 1. The van der Waals surface area contributed by atoms with Crippen LogP contribution < -0.4 is 5.76 Å². The van der Waals surface area contributed by atoms with Crippen LogP contribution in [0.1, 0.15) is 15.9 Å². The molecule has 1 heterocycles. The van der Waals surface area contributed by atoms with Gasteiger partial charge in [-0.15, -0.1) is 0 Å². The number of H-pyrrole nitrogens is 1. The minimum absolute atomic E-state index is 0.162. The van der Waals surface area contributed by atoms with E-state index >= 15 is 0 Å². The average molecular weight is 322 g/mol. The van der Waals surface area contributed by atoms with E-state index in [0.29, 0.717) is 16.7 Å². The molecular weight excluding hydrogens is 312 g/mol. The van der Waals surface area contributed by atoms with Gasteiger partial charge in [0.1, 0.15) is 11.6 Å². The van der Waals surface area contributed by atoms with Crippen molar-refractivity contribution in [2.75, 3.05) is 0 Å². The fourth-order valence-electron chi connectivity index (χ4n) is 2.19. The number of allylic oxidation sites excluding steroid dienone is 1. The first-order chi connectivity index (χ1) is 11.5. The molecule has 118 valence electrons. The summed E-state index contributed by atoms with van der Waals surface area (Å²) in [7, 11) is 0. The van der Waals surface area contributed by atoms with Crippen LogP contribution in [0.25, 0.3) is 17.2 Å². The number of aromatic nitrogens is 1. The number of benzene rings is 2. The lowest BCUT2D eigenvalue weighted by molar-refractivity contribution is 0.104. The van der Waals surface area contributed by atoms with Gasteiger partial charge in [-0.1, -0.05) is 6.07 Å². The van der Waals surface area contributed by atoms with Crippen LogP contribution in [0.15, 0.2) is 51.2 Å². The van der Waals surface area contributed by atoms with Crippen LogP contribution in [0.5, 0.6) is 11.5 Å². The van der Waals surface area contributed by atoms with Crippen molar-refractivity contribution in [2.24, 2.45) is 0 Å². The van der Waals surface area contributed by atoms with Crippen molar-refractivity contribution >= 4 is 23.0 Å². The number of aromatic hydroxyl groups is 2. The van der Waals surface area contributed by atoms with Gasteiger partial charge in [-0.25, -0.2) is 4.79 Å². The minimum Gasteiger partial charge on any atom is -0.504 e. The molecule has 24 heavy (non-hydrogen) atoms. The molecular formula is C17H10N2O5. The SMILES string of the molecule is N#CC(=Cc1ccc(O)c(O)c1)C(=O)c1ccc2oc(=O)[nH]c2c1. The molecule has 0 amide bonds. The smallest absolute Gasteiger partial charge is 0.417 e. The summed E-state index contributed by atoms with van der Waals surface area (Å²) < 4.78 is 4.86. The highest BCUT2D eigenvalue weighted by Gasteiger charge is 2.14. The molecule has 0 radical (unpaired) electrons. The van der Waals surface area contributed by atoms with Gasteiger partial charge >= 0.3 is 5.76 Å². The van der Waals surface area contributed by atoms with E-state index in [1.54, 1.807) is 0 Å². The molecule has 2 aromatic carbocycles. The first-order valence-electron chi connectivity index (χ1n) is 6.79. The Balaban J connectivity index is 2.00. The van der Waals surface area contributed by atoms with E-state index in [0.717, 1.165) is 0 Å². The Morgan fingerprint density at radius 3 is 2.67 bits per heavy atom. The number of phenols is 2. The second kappa shape index (κ2) is 5.78. The van der Waals surface area contributed by atoms with Crippen molar-refractivity contribution < 1.29 is 19.4 Å². The third-order valence-electron chi connectivity index (χ3n) is 3.36. The Labute approximate surface area is 134 Å². The number of phenolic OH excluding ortho intramolecular Hbond substituents is 2. The van der Waals surface area contributed by atoms with Gasteiger partial charge in [-0.3, -0.25) is 9.78 Å². The van der Waals surface area contributed by atoms with E-state index in [-0.39, 0.29) is 22.6 Å². The van der Waals surface area contributed by atoms with E-state index in [4.69, 9.17) is 4.42 Å². The molecule has 3 rings (SSSR count). The molecule has 0 fully saturated rings. The van der Waals surface area contributed by atoms with Crippen molar-refractivity contribution in [1.82, 2.24) is 4.98 Å². The van der Waals surface area contributed by atoms with Crippen LogP contribution in [0.4, 0.5) is 0 Å². The number of carbonyl (C=O) groups excluding carboxylic acids is 1. The van der Waals surface area contributed by atoms with Crippen molar-refractivity contribution in [3.8, 4) is 17.6 Å². The number of carbonyl (C=O) groups is 1. The summed E-state index contributed by atoms with van der Waals surface area (Å²) in [5.74, 6) is -1.84. The van der Waals surface area contributed by atoms with Crippen molar-refractivity contribution in [1.29, 1.82) is 5.26 Å². The molecule has 1 aromatic heterocycles. The first kappa shape index (κ1) is 15.1. The van der Waals surface area contributed by atoms with E-state index in [2.05, 4.69) is 4.98 Å². The summed E-state index contributed by atoms with van der Waals surface area (Å²) in [5, 5.41) is 28.0. The Kier molecular flexibility index (Phi) is 3.64. The van der Waals surface area contributed by atoms with Gasteiger partial charge in [0.2, 0.25) is 5.78 Å². The fraction of sp³-hybridized carbons (Fsp3) is 0. The van der Waals surface area contributed by atoms with Gasteiger partial charge in [0.15, 0.2) is 17.1 Å². The Morgan fingerprint density at radius 2 is 1.96 bits per heavy atom. The maximum Gasteiger partial charge on any atom is 0.417 e. The number of ketones is 1. The molecule has 0 aliphatic heterocycles. The average Bonchev–Trinajstić information content (AvgIpc) is 2.94. The van der Waals surface area contributed by atoms with Gasteiger partial charge in [-0.05, 0) is 42.0 Å². The van der Waals surface area contributed by atoms with Crippen LogP contribution >= 0.6 is 0 Å². The predicted octanol–water partition coefficient (Wildman–Crippen LogP) is 2.32. The van der Waals surface area contributed by atoms with Gasteiger partial charge < -0.3 is 14.6 Å². The number of nitriles is 1. The monoisotopic (exact) mass is 322 g/mol. The summed E-state index contributed by atoms with van der Waals surface area (Å²) in [4.78, 5) is 26.0. The molecule has 0 aliphatic rings.